The number of rotatable bonds is 36. The molecule has 0 saturated carbocycles. The van der Waals surface area contributed by atoms with Gasteiger partial charge in [0, 0.05) is 156 Å². The molecule has 3 saturated heterocycles. The molecular weight excluding hydrogens is 1340 g/mol. The number of hydrogen-bond donors (Lipinski definition) is 2. The number of benzene rings is 6. The molecule has 0 spiro atoms. The minimum Gasteiger partial charge on any atom is -0.370 e. The lowest BCUT2D eigenvalue weighted by molar-refractivity contribution is -0.141. The van der Waals surface area contributed by atoms with Gasteiger partial charge >= 0.3 is 0 Å². The Morgan fingerprint density at radius 1 is 0.292 bits per heavy atom. The summed E-state index contributed by atoms with van der Waals surface area (Å²) in [7, 11) is 0. The van der Waals surface area contributed by atoms with Crippen LogP contribution in [0, 0.1) is 0 Å². The lowest BCUT2D eigenvalue weighted by Crippen LogP contribution is -2.56. The lowest BCUT2D eigenvalue weighted by Gasteiger charge is -2.39. The summed E-state index contributed by atoms with van der Waals surface area (Å²) in [5.74, 6) is -1.79. The normalized spacial score (nSPS) is 16.1. The maximum Gasteiger partial charge on any atom is 0.237 e. The first-order valence-electron chi connectivity index (χ1n) is 38.0. The number of carbonyl (C=O) groups is 9. The van der Waals surface area contributed by atoms with Crippen LogP contribution in [0.1, 0.15) is 150 Å². The van der Waals surface area contributed by atoms with Gasteiger partial charge in [-0.05, 0) is 74.9 Å². The molecule has 106 heavy (non-hydrogen) atoms. The summed E-state index contributed by atoms with van der Waals surface area (Å²) in [5.41, 5.74) is 10.9. The van der Waals surface area contributed by atoms with Crippen molar-refractivity contribution < 1.29 is 43.2 Å². The van der Waals surface area contributed by atoms with Crippen molar-refractivity contribution in [3.8, 4) is 0 Å². The van der Waals surface area contributed by atoms with Gasteiger partial charge in [0.15, 0.2) is 0 Å². The number of hydrogen-bond acceptors (Lipinski definition) is 13. The zero-order chi connectivity index (χ0) is 75.5. The van der Waals surface area contributed by atoms with E-state index in [-0.39, 0.29) is 150 Å². The molecule has 9 amide bonds. The second-order valence-corrected chi connectivity index (χ2v) is 28.3. The van der Waals surface area contributed by atoms with Gasteiger partial charge in [0.2, 0.25) is 53.2 Å². The van der Waals surface area contributed by atoms with Crippen LogP contribution < -0.4 is 11.1 Å². The van der Waals surface area contributed by atoms with Gasteiger partial charge in [0.05, 0.1) is 55.9 Å². The van der Waals surface area contributed by atoms with E-state index in [4.69, 9.17) is 5.73 Å². The Kier molecular flexibility index (Phi) is 31.0. The van der Waals surface area contributed by atoms with Crippen LogP contribution in [0.4, 0.5) is 0 Å². The first-order valence-corrected chi connectivity index (χ1v) is 38.0. The summed E-state index contributed by atoms with van der Waals surface area (Å²) in [6.07, 6.45) is -0.334. The van der Waals surface area contributed by atoms with E-state index in [1.807, 2.05) is 233 Å². The summed E-state index contributed by atoms with van der Waals surface area (Å²) in [4.78, 5) is 149. The number of primary amides is 1. The molecule has 0 aliphatic carbocycles. The number of amides is 9. The molecule has 0 radical (unpaired) electrons. The van der Waals surface area contributed by atoms with Crippen LogP contribution in [-0.4, -0.2) is 245 Å². The van der Waals surface area contributed by atoms with Crippen molar-refractivity contribution >= 4 is 53.2 Å². The molecule has 22 heteroatoms. The third-order valence-electron chi connectivity index (χ3n) is 21.6. The highest BCUT2D eigenvalue weighted by Gasteiger charge is 2.35. The summed E-state index contributed by atoms with van der Waals surface area (Å²) in [6, 6.07) is 55.1. The summed E-state index contributed by atoms with van der Waals surface area (Å²) < 4.78 is 0. The molecule has 6 atom stereocenters. The van der Waals surface area contributed by atoms with Crippen molar-refractivity contribution in [2.75, 3.05) is 137 Å². The largest absolute Gasteiger partial charge is 0.370 e. The van der Waals surface area contributed by atoms with Crippen LogP contribution in [0.5, 0.6) is 0 Å². The average molecular weight is 1450 g/mol. The quantitative estimate of drug-likeness (QED) is 0.0376. The predicted molar refractivity (Wildman–Crippen MR) is 412 cm³/mol. The van der Waals surface area contributed by atoms with E-state index < -0.39 is 30.1 Å². The Morgan fingerprint density at radius 2 is 0.500 bits per heavy atom. The third-order valence-corrected chi connectivity index (χ3v) is 21.6. The standard InChI is InChI=1S/C84H111N13O9/c1-64(70-25-13-7-14-26-70)92(45-37-76(85)98)77(99)38-46-93(65(2)71-27-15-8-16-28-71)78(100)39-47-94(66(3)72-29-17-9-18-30-72)79(101)40-48-95(67(4)73-31-19-10-20-32-73)80(102)41-49-96(68(5)74-33-21-11-22-34-74)81(103)42-50-97(69(6)75-35-23-12-24-36-75)84(106)63-89-55-59-91(60-56-89)83(105)62-88-53-57-90(58-54-88)82(104)61-87-51-43-86-44-52-87/h7-36,64-69,86H,37-63H2,1-6H3,(H2,85,98)/t64-,65-,66-,67-,68-,69-/m1/s1. The van der Waals surface area contributed by atoms with E-state index in [0.29, 0.717) is 58.9 Å². The Hall–Kier alpha value is -9.61. The molecule has 22 nitrogen and oxygen atoms in total. The minimum absolute atomic E-state index is 0.0220. The Bertz CT molecular complexity index is 3770. The first kappa shape index (κ1) is 80.5. The van der Waals surface area contributed by atoms with Gasteiger partial charge in [-0.3, -0.25) is 57.9 Å². The van der Waals surface area contributed by atoms with Crippen LogP contribution in [0.15, 0.2) is 182 Å². The predicted octanol–water partition coefficient (Wildman–Crippen LogP) is 8.54. The molecule has 3 heterocycles. The fourth-order valence-corrected chi connectivity index (χ4v) is 14.7. The SMILES string of the molecule is C[C@H](c1ccccc1)N(CCC(N)=O)C(=O)CCN(C(=O)CCN(C(=O)CCN(C(=O)CCN(C(=O)CCN(C(=O)CN1CCN(C(=O)CN2CCN(C(=O)CN3CCNCC3)CC2)CC1)[C@H](C)c1ccccc1)[C@H](C)c1ccccc1)[C@H](C)c1ccccc1)[C@H](C)c1ccccc1)[C@H](C)c1ccccc1. The van der Waals surface area contributed by atoms with Gasteiger partial charge in [0.25, 0.3) is 0 Å². The fourth-order valence-electron chi connectivity index (χ4n) is 14.7. The number of piperazine rings is 3. The lowest BCUT2D eigenvalue weighted by atomic mass is 10.0. The van der Waals surface area contributed by atoms with E-state index in [1.54, 1.807) is 29.4 Å². The highest BCUT2D eigenvalue weighted by molar-refractivity contribution is 5.85. The molecule has 0 bridgehead atoms. The zero-order valence-electron chi connectivity index (χ0n) is 63.0. The summed E-state index contributed by atoms with van der Waals surface area (Å²) in [6.45, 7) is 20.7. The van der Waals surface area contributed by atoms with Gasteiger partial charge in [-0.15, -0.1) is 0 Å². The number of carbonyl (C=O) groups excluding carboxylic acids is 9. The van der Waals surface area contributed by atoms with Crippen LogP contribution in [0.3, 0.4) is 0 Å². The second kappa shape index (κ2) is 40.8. The maximum atomic E-state index is 15.3. The molecule has 566 valence electrons. The summed E-state index contributed by atoms with van der Waals surface area (Å²) in [5, 5.41) is 3.33. The maximum absolute atomic E-state index is 15.3. The molecule has 0 aromatic heterocycles. The van der Waals surface area contributed by atoms with E-state index in [9.17, 15) is 28.8 Å². The van der Waals surface area contributed by atoms with Crippen LogP contribution in [-0.2, 0) is 43.2 Å². The molecular formula is C84H111N13O9. The fraction of sp³-hybridized carbons (Fsp3) is 0.464. The molecule has 9 rings (SSSR count). The van der Waals surface area contributed by atoms with Crippen LogP contribution in [0.25, 0.3) is 0 Å². The molecule has 6 aromatic rings. The van der Waals surface area contributed by atoms with Crippen LogP contribution in [0.2, 0.25) is 0 Å². The Labute approximate surface area is 627 Å². The molecule has 3 N–H and O–H groups in total. The van der Waals surface area contributed by atoms with Crippen molar-refractivity contribution in [3.63, 3.8) is 0 Å². The highest BCUT2D eigenvalue weighted by atomic mass is 16.2. The van der Waals surface area contributed by atoms with E-state index in [2.05, 4.69) is 20.0 Å². The molecule has 6 aromatic carbocycles. The number of nitrogens with two attached hydrogens (primary N) is 1. The van der Waals surface area contributed by atoms with E-state index in [0.717, 1.165) is 59.6 Å². The van der Waals surface area contributed by atoms with Crippen molar-refractivity contribution in [1.29, 1.82) is 0 Å². The Morgan fingerprint density at radius 3 is 0.736 bits per heavy atom. The van der Waals surface area contributed by atoms with Crippen molar-refractivity contribution in [3.05, 3.63) is 215 Å². The number of nitrogens with one attached hydrogen (secondary N) is 1. The van der Waals surface area contributed by atoms with Gasteiger partial charge in [0.1, 0.15) is 0 Å². The van der Waals surface area contributed by atoms with Crippen molar-refractivity contribution in [1.82, 2.24) is 59.2 Å². The van der Waals surface area contributed by atoms with Gasteiger partial charge in [-0.1, -0.05) is 182 Å². The Balaban J connectivity index is 0.866. The molecule has 3 aliphatic heterocycles. The smallest absolute Gasteiger partial charge is 0.237 e. The highest BCUT2D eigenvalue weighted by Crippen LogP contribution is 2.30. The van der Waals surface area contributed by atoms with E-state index in [1.165, 1.54) is 0 Å². The van der Waals surface area contributed by atoms with E-state index >= 15 is 14.4 Å². The third kappa shape index (κ3) is 23.2. The molecule has 0 unspecified atom stereocenters. The second-order valence-electron chi connectivity index (χ2n) is 28.3. The molecule has 3 aliphatic rings. The zero-order valence-corrected chi connectivity index (χ0v) is 63.0. The average Bonchev–Trinajstić information content (AvgIpc) is 0.834. The van der Waals surface area contributed by atoms with Crippen molar-refractivity contribution in [2.24, 2.45) is 5.73 Å². The van der Waals surface area contributed by atoms with Gasteiger partial charge in [-0.2, -0.15) is 0 Å². The first-order chi connectivity index (χ1) is 51.2. The van der Waals surface area contributed by atoms with Gasteiger partial charge < -0.3 is 50.2 Å². The monoisotopic (exact) mass is 1450 g/mol. The van der Waals surface area contributed by atoms with Crippen LogP contribution >= 0.6 is 0 Å². The minimum atomic E-state index is -0.530. The van der Waals surface area contributed by atoms with Gasteiger partial charge in [-0.25, -0.2) is 0 Å². The topological polar surface area (TPSA) is 227 Å². The number of nitrogens with zero attached hydrogens (tertiary/aromatic N) is 11. The summed E-state index contributed by atoms with van der Waals surface area (Å²) >= 11 is 0. The molecule has 3 fully saturated rings. The van der Waals surface area contributed by atoms with Crippen molar-refractivity contribution in [2.45, 2.75) is 116 Å².